The van der Waals surface area contributed by atoms with Crippen LogP contribution in [0.1, 0.15) is 10.4 Å². The zero-order valence-corrected chi connectivity index (χ0v) is 10.3. The van der Waals surface area contributed by atoms with Gasteiger partial charge in [-0.2, -0.15) is 0 Å². The van der Waals surface area contributed by atoms with E-state index in [9.17, 15) is 9.59 Å². The first-order valence-corrected chi connectivity index (χ1v) is 5.85. The van der Waals surface area contributed by atoms with Crippen LogP contribution in [0.3, 0.4) is 0 Å². The van der Waals surface area contributed by atoms with Crippen molar-refractivity contribution in [3.05, 3.63) is 48.9 Å². The maximum Gasteiger partial charge on any atom is 0.292 e. The number of aromatic amines is 1. The summed E-state index contributed by atoms with van der Waals surface area (Å²) < 4.78 is 4.86. The van der Waals surface area contributed by atoms with E-state index in [1.54, 1.807) is 12.3 Å². The van der Waals surface area contributed by atoms with Crippen LogP contribution in [0.5, 0.6) is 0 Å². The van der Waals surface area contributed by atoms with Crippen LogP contribution in [0.2, 0.25) is 0 Å². The Morgan fingerprint density at radius 1 is 1.37 bits per heavy atom. The lowest BCUT2D eigenvalue weighted by molar-refractivity contribution is -0.117. The van der Waals surface area contributed by atoms with Crippen LogP contribution >= 0.6 is 0 Å². The summed E-state index contributed by atoms with van der Waals surface area (Å²) in [5.41, 5.74) is 1.20. The van der Waals surface area contributed by atoms with Crippen LogP contribution in [-0.2, 0) is 9.53 Å². The number of carbonyl (C=O) groups is 2. The molecule has 0 saturated heterocycles. The van der Waals surface area contributed by atoms with Crippen LogP contribution in [-0.4, -0.2) is 29.8 Å². The number of hydrogen-bond acceptors (Lipinski definition) is 3. The number of aromatic nitrogens is 1. The quantitative estimate of drug-likeness (QED) is 0.358. The zero-order chi connectivity index (χ0) is 13.7. The highest BCUT2D eigenvalue weighted by Gasteiger charge is 2.19. The predicted octanol–water partition coefficient (Wildman–Crippen LogP) is 1.63. The molecule has 2 N–H and O–H groups in total. The third kappa shape index (κ3) is 2.82. The summed E-state index contributed by atoms with van der Waals surface area (Å²) in [4.78, 5) is 26.6. The van der Waals surface area contributed by atoms with Gasteiger partial charge in [-0.15, -0.1) is 0 Å². The number of Topliss-reactive ketones (excluding diaryl/α,β-unsaturated/α-hetero) is 1. The van der Waals surface area contributed by atoms with Crippen molar-refractivity contribution in [1.82, 2.24) is 10.3 Å². The van der Waals surface area contributed by atoms with Gasteiger partial charge in [0.2, 0.25) is 0 Å². The van der Waals surface area contributed by atoms with Crippen LogP contribution < -0.4 is 5.32 Å². The Morgan fingerprint density at radius 2 is 2.16 bits per heavy atom. The molecular formula is C14H14N2O3. The highest BCUT2D eigenvalue weighted by molar-refractivity contribution is 6.44. The molecule has 0 bridgehead atoms. The van der Waals surface area contributed by atoms with E-state index in [1.165, 1.54) is 6.26 Å². The van der Waals surface area contributed by atoms with Crippen LogP contribution in [0.4, 0.5) is 0 Å². The van der Waals surface area contributed by atoms with Gasteiger partial charge in [-0.05, 0) is 6.07 Å². The molecule has 98 valence electrons. The van der Waals surface area contributed by atoms with E-state index in [1.807, 2.05) is 18.2 Å². The van der Waals surface area contributed by atoms with Gasteiger partial charge in [0.1, 0.15) is 6.61 Å². The van der Waals surface area contributed by atoms with Gasteiger partial charge in [-0.1, -0.05) is 24.8 Å². The maximum atomic E-state index is 12.0. The second-order valence-electron chi connectivity index (χ2n) is 3.87. The van der Waals surface area contributed by atoms with Gasteiger partial charge in [0.25, 0.3) is 11.7 Å². The second kappa shape index (κ2) is 5.86. The molecule has 1 heterocycles. The van der Waals surface area contributed by atoms with E-state index in [2.05, 4.69) is 16.9 Å². The molecular weight excluding hydrogens is 244 g/mol. The molecule has 0 spiro atoms. The fraction of sp³-hybridized carbons (Fsp3) is 0.143. The second-order valence-corrected chi connectivity index (χ2v) is 3.87. The number of amides is 1. The first-order chi connectivity index (χ1) is 9.24. The summed E-state index contributed by atoms with van der Waals surface area (Å²) in [5, 5.41) is 3.24. The van der Waals surface area contributed by atoms with Crippen molar-refractivity contribution in [2.24, 2.45) is 0 Å². The van der Waals surface area contributed by atoms with E-state index in [-0.39, 0.29) is 13.2 Å². The van der Waals surface area contributed by atoms with E-state index < -0.39 is 11.7 Å². The Balaban J connectivity index is 2.07. The van der Waals surface area contributed by atoms with Crippen LogP contribution in [0, 0.1) is 0 Å². The van der Waals surface area contributed by atoms with E-state index in [0.29, 0.717) is 5.56 Å². The monoisotopic (exact) mass is 258 g/mol. The molecule has 2 aromatic rings. The topological polar surface area (TPSA) is 71.2 Å². The van der Waals surface area contributed by atoms with Crippen molar-refractivity contribution < 1.29 is 14.3 Å². The Labute approximate surface area is 110 Å². The summed E-state index contributed by atoms with van der Waals surface area (Å²) in [5.74, 6) is -1.20. The minimum atomic E-state index is -0.641. The highest BCUT2D eigenvalue weighted by Crippen LogP contribution is 2.17. The van der Waals surface area contributed by atoms with Crippen molar-refractivity contribution >= 4 is 22.6 Å². The summed E-state index contributed by atoms with van der Waals surface area (Å²) >= 11 is 0. The van der Waals surface area contributed by atoms with Crippen molar-refractivity contribution in [3.8, 4) is 0 Å². The summed E-state index contributed by atoms with van der Waals surface area (Å²) in [7, 11) is 0. The van der Waals surface area contributed by atoms with Gasteiger partial charge in [0.05, 0.1) is 18.4 Å². The lowest BCUT2D eigenvalue weighted by Gasteiger charge is -2.03. The van der Waals surface area contributed by atoms with Gasteiger partial charge < -0.3 is 15.0 Å². The number of H-pyrrole nitrogens is 1. The Hall–Kier alpha value is -2.56. The molecule has 0 saturated carbocycles. The number of para-hydroxylation sites is 1. The molecule has 0 aliphatic rings. The van der Waals surface area contributed by atoms with Gasteiger partial charge in [0, 0.05) is 17.1 Å². The standard InChI is InChI=1S/C14H14N2O3/c1-2-19-8-7-15-14(18)13(17)11-9-16-12-6-4-3-5-10(11)12/h2-6,9,16H,1,7-8H2,(H,15,18). The first kappa shape index (κ1) is 12.9. The Kier molecular flexibility index (Phi) is 3.97. The minimum absolute atomic E-state index is 0.263. The lowest BCUT2D eigenvalue weighted by atomic mass is 10.1. The smallest absolute Gasteiger partial charge is 0.292 e. The van der Waals surface area contributed by atoms with Crippen molar-refractivity contribution in [2.75, 3.05) is 13.2 Å². The normalized spacial score (nSPS) is 10.1. The van der Waals surface area contributed by atoms with Gasteiger partial charge in [0.15, 0.2) is 0 Å². The minimum Gasteiger partial charge on any atom is -0.500 e. The Morgan fingerprint density at radius 3 is 2.95 bits per heavy atom. The fourth-order valence-corrected chi connectivity index (χ4v) is 1.77. The summed E-state index contributed by atoms with van der Waals surface area (Å²) in [6.45, 7) is 3.93. The van der Waals surface area contributed by atoms with Gasteiger partial charge in [-0.3, -0.25) is 9.59 Å². The average Bonchev–Trinajstić information content (AvgIpc) is 2.86. The number of fused-ring (bicyclic) bond motifs is 1. The number of benzene rings is 1. The van der Waals surface area contributed by atoms with Crippen LogP contribution in [0.25, 0.3) is 10.9 Å². The molecule has 0 radical (unpaired) electrons. The van der Waals surface area contributed by atoms with Crippen molar-refractivity contribution in [3.63, 3.8) is 0 Å². The van der Waals surface area contributed by atoms with Gasteiger partial charge >= 0.3 is 0 Å². The number of ketones is 1. The molecule has 19 heavy (non-hydrogen) atoms. The largest absolute Gasteiger partial charge is 0.500 e. The average molecular weight is 258 g/mol. The summed E-state index contributed by atoms with van der Waals surface area (Å²) in [6, 6.07) is 7.33. The Bertz CT molecular complexity index is 616. The fourth-order valence-electron chi connectivity index (χ4n) is 1.77. The molecule has 1 amide bonds. The molecule has 5 nitrogen and oxygen atoms in total. The molecule has 0 unspecified atom stereocenters. The van der Waals surface area contributed by atoms with E-state index in [0.717, 1.165) is 10.9 Å². The molecule has 0 fully saturated rings. The highest BCUT2D eigenvalue weighted by atomic mass is 16.5. The third-order valence-corrected chi connectivity index (χ3v) is 2.66. The molecule has 1 aromatic carbocycles. The molecule has 0 aliphatic carbocycles. The number of rotatable bonds is 6. The number of ether oxygens (including phenoxy) is 1. The summed E-state index contributed by atoms with van der Waals surface area (Å²) in [6.07, 6.45) is 2.83. The van der Waals surface area contributed by atoms with Crippen molar-refractivity contribution in [1.29, 1.82) is 0 Å². The zero-order valence-electron chi connectivity index (χ0n) is 10.3. The molecule has 2 rings (SSSR count). The molecule has 0 atom stereocenters. The lowest BCUT2D eigenvalue weighted by Crippen LogP contribution is -2.33. The van der Waals surface area contributed by atoms with Gasteiger partial charge in [-0.25, -0.2) is 0 Å². The van der Waals surface area contributed by atoms with E-state index >= 15 is 0 Å². The first-order valence-electron chi connectivity index (χ1n) is 5.85. The number of carbonyl (C=O) groups excluding carboxylic acids is 2. The van der Waals surface area contributed by atoms with Crippen LogP contribution in [0.15, 0.2) is 43.3 Å². The maximum absolute atomic E-state index is 12.0. The molecule has 0 aliphatic heterocycles. The molecule has 1 aromatic heterocycles. The van der Waals surface area contributed by atoms with Crippen molar-refractivity contribution in [2.45, 2.75) is 0 Å². The SMILES string of the molecule is C=COCCNC(=O)C(=O)c1c[nH]c2ccccc12. The number of nitrogens with one attached hydrogen (secondary N) is 2. The predicted molar refractivity (Wildman–Crippen MR) is 71.8 cm³/mol. The van der Waals surface area contributed by atoms with E-state index in [4.69, 9.17) is 4.74 Å². The number of hydrogen-bond donors (Lipinski definition) is 2. The third-order valence-electron chi connectivity index (χ3n) is 2.66. The molecule has 5 heteroatoms.